The van der Waals surface area contributed by atoms with Crippen LogP contribution in [0.3, 0.4) is 0 Å². The maximum absolute atomic E-state index is 2.45. The highest BCUT2D eigenvalue weighted by Crippen LogP contribution is 2.23. The normalized spacial score (nSPS) is 11.0. The lowest BCUT2D eigenvalue weighted by Gasteiger charge is -2.06. The predicted molar refractivity (Wildman–Crippen MR) is 142 cm³/mol. The molecule has 0 bridgehead atoms. The van der Waals surface area contributed by atoms with Crippen LogP contribution >= 0.6 is 0 Å². The van der Waals surface area contributed by atoms with Gasteiger partial charge in [0, 0.05) is 46.5 Å². The summed E-state index contributed by atoms with van der Waals surface area (Å²) in [6.07, 6.45) is 9.57. The highest BCUT2D eigenvalue weighted by atomic mass is 79.9. The first-order valence-electron chi connectivity index (χ1n) is 12.5. The van der Waals surface area contributed by atoms with Crippen molar-refractivity contribution in [3.8, 4) is 0 Å². The van der Waals surface area contributed by atoms with Crippen molar-refractivity contribution >= 4 is 43.4 Å². The molecule has 0 amide bonds. The topological polar surface area (TPSA) is 7.76 Å². The molecule has 2 nitrogen and oxygen atoms in total. The molecular formula is C32H30Br2N2. The molecule has 2 aromatic heterocycles. The number of nitrogens with zero attached hydrogens (tertiary/aromatic N) is 2. The standard InChI is InChI=1S/C32H30N2.2BrH/c1(11-21-33-23-25-13-3-5-15-27(25)29-17-7-9-19-31(29)33)2-12-22-34-24-26-14-4-6-16-28(26)30-18-8-10-20-32(30)34;;/h3-10,13-20,23-24H,1-2,11-12,21-22H2;2*1H/q+2;;/p-2. The molecule has 0 spiro atoms. The van der Waals surface area contributed by atoms with E-state index < -0.39 is 0 Å². The fourth-order valence-corrected chi connectivity index (χ4v) is 5.38. The zero-order valence-corrected chi connectivity index (χ0v) is 23.5. The Kier molecular flexibility index (Phi) is 8.71. The molecule has 0 saturated carbocycles. The number of unbranched alkanes of at least 4 members (excludes halogenated alkanes) is 3. The van der Waals surface area contributed by atoms with E-state index in [9.17, 15) is 0 Å². The van der Waals surface area contributed by atoms with E-state index in [0.29, 0.717) is 0 Å². The molecule has 0 unspecified atom stereocenters. The van der Waals surface area contributed by atoms with Gasteiger partial charge in [-0.15, -0.1) is 0 Å². The molecule has 36 heavy (non-hydrogen) atoms. The van der Waals surface area contributed by atoms with Gasteiger partial charge in [-0.2, -0.15) is 9.13 Å². The minimum Gasteiger partial charge on any atom is -1.00 e. The monoisotopic (exact) mass is 600 g/mol. The van der Waals surface area contributed by atoms with Gasteiger partial charge in [0.1, 0.15) is 13.1 Å². The molecule has 0 fully saturated rings. The van der Waals surface area contributed by atoms with Crippen molar-refractivity contribution in [1.29, 1.82) is 0 Å². The van der Waals surface area contributed by atoms with E-state index in [1.54, 1.807) is 0 Å². The minimum absolute atomic E-state index is 0. The van der Waals surface area contributed by atoms with Crippen molar-refractivity contribution in [3.63, 3.8) is 0 Å². The molecule has 2 heterocycles. The van der Waals surface area contributed by atoms with Crippen LogP contribution in [0.1, 0.15) is 25.7 Å². The van der Waals surface area contributed by atoms with E-state index in [1.807, 2.05) is 0 Å². The third-order valence-electron chi connectivity index (χ3n) is 7.07. The van der Waals surface area contributed by atoms with Gasteiger partial charge in [-0.25, -0.2) is 0 Å². The number of rotatable bonds is 7. The summed E-state index contributed by atoms with van der Waals surface area (Å²) < 4.78 is 4.90. The maximum atomic E-state index is 2.45. The van der Waals surface area contributed by atoms with Crippen molar-refractivity contribution in [2.75, 3.05) is 0 Å². The van der Waals surface area contributed by atoms with Gasteiger partial charge in [0.2, 0.25) is 11.0 Å². The Morgan fingerprint density at radius 1 is 0.389 bits per heavy atom. The number of hydrogen-bond donors (Lipinski definition) is 0. The molecule has 4 aromatic carbocycles. The lowest BCUT2D eigenvalue weighted by molar-refractivity contribution is -0.672. The molecule has 0 aliphatic carbocycles. The smallest absolute Gasteiger partial charge is 0.213 e. The molecule has 6 rings (SSSR count). The number of pyridine rings is 2. The molecule has 0 atom stereocenters. The average Bonchev–Trinajstić information content (AvgIpc) is 2.90. The number of aromatic nitrogens is 2. The van der Waals surface area contributed by atoms with Crippen molar-refractivity contribution in [2.24, 2.45) is 0 Å². The van der Waals surface area contributed by atoms with E-state index in [-0.39, 0.29) is 34.0 Å². The highest BCUT2D eigenvalue weighted by molar-refractivity contribution is 6.04. The number of halogens is 2. The summed E-state index contributed by atoms with van der Waals surface area (Å²) in [5.74, 6) is 0. The first-order valence-corrected chi connectivity index (χ1v) is 12.5. The van der Waals surface area contributed by atoms with Crippen LogP contribution in [0.2, 0.25) is 0 Å². The molecule has 6 aromatic rings. The largest absolute Gasteiger partial charge is 1.00 e. The molecule has 0 N–H and O–H groups in total. The maximum Gasteiger partial charge on any atom is 0.213 e. The van der Waals surface area contributed by atoms with Crippen molar-refractivity contribution in [3.05, 3.63) is 109 Å². The summed E-state index contributed by atoms with van der Waals surface area (Å²) in [5.41, 5.74) is 2.67. The summed E-state index contributed by atoms with van der Waals surface area (Å²) in [6.45, 7) is 2.13. The Balaban J connectivity index is 0.00000152. The number of para-hydroxylation sites is 2. The van der Waals surface area contributed by atoms with Crippen LogP contribution < -0.4 is 43.1 Å². The van der Waals surface area contributed by atoms with Crippen molar-refractivity contribution in [1.82, 2.24) is 0 Å². The van der Waals surface area contributed by atoms with Gasteiger partial charge in [-0.05, 0) is 37.1 Å². The van der Waals surface area contributed by atoms with Gasteiger partial charge < -0.3 is 34.0 Å². The van der Waals surface area contributed by atoms with E-state index >= 15 is 0 Å². The van der Waals surface area contributed by atoms with Crippen LogP contribution in [0.15, 0.2) is 109 Å². The second-order valence-electron chi connectivity index (χ2n) is 9.27. The molecule has 0 aliphatic rings. The Morgan fingerprint density at radius 3 is 1.19 bits per heavy atom. The van der Waals surface area contributed by atoms with Gasteiger partial charge in [-0.1, -0.05) is 60.7 Å². The van der Waals surface area contributed by atoms with Gasteiger partial charge in [0.25, 0.3) is 0 Å². The van der Waals surface area contributed by atoms with Gasteiger partial charge >= 0.3 is 0 Å². The molecule has 182 valence electrons. The van der Waals surface area contributed by atoms with E-state index in [1.165, 1.54) is 69.0 Å². The van der Waals surface area contributed by atoms with Crippen LogP contribution in [-0.4, -0.2) is 0 Å². The summed E-state index contributed by atoms with van der Waals surface area (Å²) >= 11 is 0. The zero-order chi connectivity index (χ0) is 22.7. The molecule has 4 heteroatoms. The zero-order valence-electron chi connectivity index (χ0n) is 20.3. The van der Waals surface area contributed by atoms with Crippen LogP contribution in [-0.2, 0) is 13.1 Å². The Hall–Kier alpha value is -2.82. The number of aryl methyl sites for hydroxylation is 2. The molecule has 0 saturated heterocycles. The molecular weight excluding hydrogens is 572 g/mol. The van der Waals surface area contributed by atoms with Crippen molar-refractivity contribution < 1.29 is 43.1 Å². The van der Waals surface area contributed by atoms with Gasteiger partial charge in [0.05, 0.1) is 10.8 Å². The third kappa shape index (κ3) is 5.16. The Labute approximate surface area is 233 Å². The highest BCUT2D eigenvalue weighted by Gasteiger charge is 2.14. The fraction of sp³-hybridized carbons (Fsp3) is 0.188. The van der Waals surface area contributed by atoms with E-state index in [2.05, 4.69) is 119 Å². The number of hydrogen-bond acceptors (Lipinski definition) is 0. The lowest BCUT2D eigenvalue weighted by atomic mass is 10.1. The van der Waals surface area contributed by atoms with E-state index in [4.69, 9.17) is 0 Å². The van der Waals surface area contributed by atoms with E-state index in [0.717, 1.165) is 13.1 Å². The number of fused-ring (bicyclic) bond motifs is 6. The SMILES string of the molecule is [Br-].[Br-].c1ccc2c(c1)c[n+](CCCCCC[n+]1cc3ccccc3c3ccccc31)c1ccccc21. The Morgan fingerprint density at radius 2 is 0.750 bits per heavy atom. The first kappa shape index (κ1) is 26.2. The molecule has 0 radical (unpaired) electrons. The second-order valence-corrected chi connectivity index (χ2v) is 9.27. The second kappa shape index (κ2) is 11.9. The van der Waals surface area contributed by atoms with Crippen LogP contribution in [0.5, 0.6) is 0 Å². The van der Waals surface area contributed by atoms with Gasteiger partial charge in [0.15, 0.2) is 12.4 Å². The lowest BCUT2D eigenvalue weighted by Crippen LogP contribution is -3.00. The number of benzene rings is 4. The minimum atomic E-state index is 0. The van der Waals surface area contributed by atoms with Gasteiger partial charge in [-0.3, -0.25) is 0 Å². The fourth-order valence-electron chi connectivity index (χ4n) is 5.38. The van der Waals surface area contributed by atoms with Crippen LogP contribution in [0.4, 0.5) is 0 Å². The summed E-state index contributed by atoms with van der Waals surface area (Å²) in [5, 5.41) is 8.02. The Bertz CT molecular complexity index is 1500. The quantitative estimate of drug-likeness (QED) is 0.147. The summed E-state index contributed by atoms with van der Waals surface area (Å²) in [7, 11) is 0. The van der Waals surface area contributed by atoms with Crippen molar-refractivity contribution in [2.45, 2.75) is 38.8 Å². The third-order valence-corrected chi connectivity index (χ3v) is 7.07. The van der Waals surface area contributed by atoms with Crippen LogP contribution in [0.25, 0.3) is 43.4 Å². The molecule has 0 aliphatic heterocycles. The first-order chi connectivity index (χ1) is 16.9. The summed E-state index contributed by atoms with van der Waals surface area (Å²) in [6, 6.07) is 35.1. The van der Waals surface area contributed by atoms with Crippen LogP contribution in [0, 0.1) is 0 Å². The predicted octanol–water partition coefficient (Wildman–Crippen LogP) is 1.14. The summed E-state index contributed by atoms with van der Waals surface area (Å²) in [4.78, 5) is 0. The average molecular weight is 602 g/mol.